The molecule has 0 unspecified atom stereocenters. The molecule has 0 aliphatic rings. The SMILES string of the molecule is CCCCCCCCCCCCOCCOCCOCCOCCO[Si](c1ccccc1)(c1ccccc1)C(C)(C)C. The second-order valence-electron chi connectivity index (χ2n) is 12.1. The summed E-state index contributed by atoms with van der Waals surface area (Å²) >= 11 is 0. The lowest BCUT2D eigenvalue weighted by Gasteiger charge is -2.43. The molecule has 0 aromatic heterocycles. The van der Waals surface area contributed by atoms with Gasteiger partial charge >= 0.3 is 0 Å². The predicted molar refractivity (Wildman–Crippen MR) is 179 cm³/mol. The molecule has 0 atom stereocenters. The number of benzene rings is 2. The van der Waals surface area contributed by atoms with Crippen LogP contribution in [0.2, 0.25) is 5.04 Å². The molecule has 0 saturated heterocycles. The van der Waals surface area contributed by atoms with Crippen molar-refractivity contribution in [1.82, 2.24) is 0 Å². The number of unbranched alkanes of at least 4 members (excludes halogenated alkanes) is 9. The van der Waals surface area contributed by atoms with Gasteiger partial charge in [-0.15, -0.1) is 0 Å². The molecule has 0 aliphatic heterocycles. The first kappa shape index (κ1) is 36.6. The van der Waals surface area contributed by atoms with E-state index in [1.165, 1.54) is 68.2 Å². The molecule has 42 heavy (non-hydrogen) atoms. The Morgan fingerprint density at radius 1 is 0.452 bits per heavy atom. The first-order valence-electron chi connectivity index (χ1n) is 16.6. The van der Waals surface area contributed by atoms with Crippen molar-refractivity contribution in [3.63, 3.8) is 0 Å². The van der Waals surface area contributed by atoms with E-state index in [-0.39, 0.29) is 5.04 Å². The van der Waals surface area contributed by atoms with Crippen molar-refractivity contribution in [2.45, 2.75) is 96.9 Å². The van der Waals surface area contributed by atoms with E-state index in [1.807, 2.05) is 0 Å². The summed E-state index contributed by atoms with van der Waals surface area (Å²) < 4.78 is 29.7. The van der Waals surface area contributed by atoms with Gasteiger partial charge < -0.3 is 23.4 Å². The first-order chi connectivity index (χ1) is 20.5. The van der Waals surface area contributed by atoms with Gasteiger partial charge in [-0.3, -0.25) is 0 Å². The van der Waals surface area contributed by atoms with Crippen molar-refractivity contribution < 1.29 is 23.4 Å². The molecule has 0 bridgehead atoms. The summed E-state index contributed by atoms with van der Waals surface area (Å²) in [6.07, 6.45) is 13.5. The molecule has 0 fully saturated rings. The van der Waals surface area contributed by atoms with Gasteiger partial charge in [0.2, 0.25) is 0 Å². The minimum atomic E-state index is -2.50. The fourth-order valence-corrected chi connectivity index (χ4v) is 10.0. The largest absolute Gasteiger partial charge is 0.405 e. The Kier molecular flexibility index (Phi) is 20.0. The third-order valence-electron chi connectivity index (χ3n) is 7.72. The lowest BCUT2D eigenvalue weighted by Crippen LogP contribution is -2.66. The molecule has 0 heterocycles. The van der Waals surface area contributed by atoms with E-state index in [0.29, 0.717) is 52.9 Å². The maximum Gasteiger partial charge on any atom is 0.261 e. The van der Waals surface area contributed by atoms with Crippen molar-refractivity contribution in [3.05, 3.63) is 60.7 Å². The molecule has 2 rings (SSSR count). The van der Waals surface area contributed by atoms with Gasteiger partial charge in [0.1, 0.15) is 0 Å². The molecule has 2 aromatic rings. The highest BCUT2D eigenvalue weighted by molar-refractivity contribution is 6.99. The fourth-order valence-electron chi connectivity index (χ4n) is 5.47. The molecule has 2 aromatic carbocycles. The van der Waals surface area contributed by atoms with Gasteiger partial charge in [-0.05, 0) is 21.8 Å². The Bertz CT molecular complexity index is 832. The Hall–Kier alpha value is -1.54. The van der Waals surface area contributed by atoms with Crippen molar-refractivity contribution in [1.29, 1.82) is 0 Å². The Labute approximate surface area is 258 Å². The first-order valence-corrected chi connectivity index (χ1v) is 18.5. The Morgan fingerprint density at radius 2 is 0.810 bits per heavy atom. The number of ether oxygens (including phenoxy) is 4. The van der Waals surface area contributed by atoms with Crippen molar-refractivity contribution in [2.75, 3.05) is 59.5 Å². The van der Waals surface area contributed by atoms with Gasteiger partial charge in [0, 0.05) is 6.61 Å². The van der Waals surface area contributed by atoms with Gasteiger partial charge in [0.15, 0.2) is 0 Å². The van der Waals surface area contributed by atoms with Crippen LogP contribution in [0.25, 0.3) is 0 Å². The van der Waals surface area contributed by atoms with Gasteiger partial charge in [-0.2, -0.15) is 0 Å². The zero-order chi connectivity index (χ0) is 30.2. The molecule has 0 aliphatic carbocycles. The summed E-state index contributed by atoms with van der Waals surface area (Å²) in [4.78, 5) is 0. The summed E-state index contributed by atoms with van der Waals surface area (Å²) in [7, 11) is -2.50. The van der Waals surface area contributed by atoms with Gasteiger partial charge in [-0.25, -0.2) is 0 Å². The molecule has 0 saturated carbocycles. The lowest BCUT2D eigenvalue weighted by molar-refractivity contribution is -0.00518. The maximum atomic E-state index is 6.85. The van der Waals surface area contributed by atoms with E-state index in [9.17, 15) is 0 Å². The van der Waals surface area contributed by atoms with Gasteiger partial charge in [0.05, 0.1) is 52.9 Å². The third-order valence-corrected chi connectivity index (χ3v) is 12.8. The van der Waals surface area contributed by atoms with Crippen LogP contribution in [0, 0.1) is 0 Å². The average Bonchev–Trinajstić information content (AvgIpc) is 3.00. The van der Waals surface area contributed by atoms with Crippen LogP contribution in [0.15, 0.2) is 60.7 Å². The molecule has 0 amide bonds. The summed E-state index contributed by atoms with van der Waals surface area (Å²) in [6.45, 7) is 14.6. The Balaban J connectivity index is 1.48. The van der Waals surface area contributed by atoms with E-state index in [0.717, 1.165) is 13.0 Å². The molecule has 0 radical (unpaired) electrons. The van der Waals surface area contributed by atoms with Gasteiger partial charge in [0.25, 0.3) is 8.32 Å². The monoisotopic (exact) mass is 600 g/mol. The number of rotatable bonds is 26. The van der Waals surface area contributed by atoms with Crippen LogP contribution in [-0.2, 0) is 23.4 Å². The second-order valence-corrected chi connectivity index (χ2v) is 16.4. The standard InChI is InChI=1S/C36H60O5Si/c1-5-6-7-8-9-10-11-12-13-20-25-37-26-27-38-28-29-39-30-31-40-32-33-41-42(36(2,3)4,34-21-16-14-17-22-34)35-23-18-15-19-24-35/h14-19,21-24H,5-13,20,25-33H2,1-4H3. The van der Waals surface area contributed by atoms with Crippen LogP contribution >= 0.6 is 0 Å². The van der Waals surface area contributed by atoms with Crippen molar-refractivity contribution in [3.8, 4) is 0 Å². The van der Waals surface area contributed by atoms with Crippen LogP contribution < -0.4 is 10.4 Å². The summed E-state index contributed by atoms with van der Waals surface area (Å²) in [5.74, 6) is 0. The van der Waals surface area contributed by atoms with E-state index < -0.39 is 8.32 Å². The van der Waals surface area contributed by atoms with Crippen molar-refractivity contribution in [2.24, 2.45) is 0 Å². The van der Waals surface area contributed by atoms with Crippen LogP contribution in [0.5, 0.6) is 0 Å². The molecule has 0 spiro atoms. The zero-order valence-corrected chi connectivity index (χ0v) is 28.2. The topological polar surface area (TPSA) is 46.2 Å². The van der Waals surface area contributed by atoms with Crippen LogP contribution in [0.4, 0.5) is 0 Å². The highest BCUT2D eigenvalue weighted by Crippen LogP contribution is 2.36. The maximum absolute atomic E-state index is 6.85. The zero-order valence-electron chi connectivity index (χ0n) is 27.2. The quantitative estimate of drug-likeness (QED) is 0.0824. The molecule has 5 nitrogen and oxygen atoms in total. The van der Waals surface area contributed by atoms with Crippen LogP contribution in [0.1, 0.15) is 91.9 Å². The molecule has 238 valence electrons. The molecular formula is C36H60O5Si. The smallest absolute Gasteiger partial charge is 0.261 e. The van der Waals surface area contributed by atoms with Crippen LogP contribution in [0.3, 0.4) is 0 Å². The van der Waals surface area contributed by atoms with E-state index in [4.69, 9.17) is 23.4 Å². The van der Waals surface area contributed by atoms with E-state index in [1.54, 1.807) is 0 Å². The predicted octanol–water partition coefficient (Wildman–Crippen LogP) is 7.55. The third kappa shape index (κ3) is 14.3. The highest BCUT2D eigenvalue weighted by Gasteiger charge is 2.49. The summed E-state index contributed by atoms with van der Waals surface area (Å²) in [5.41, 5.74) is 0. The second kappa shape index (κ2) is 22.9. The molecule has 0 N–H and O–H groups in total. The van der Waals surface area contributed by atoms with Crippen molar-refractivity contribution >= 4 is 18.7 Å². The molecular weight excluding hydrogens is 540 g/mol. The summed E-state index contributed by atoms with van der Waals surface area (Å²) in [5, 5.41) is 2.55. The minimum absolute atomic E-state index is 0.0309. The minimum Gasteiger partial charge on any atom is -0.405 e. The average molecular weight is 601 g/mol. The van der Waals surface area contributed by atoms with E-state index in [2.05, 4.69) is 88.4 Å². The Morgan fingerprint density at radius 3 is 1.21 bits per heavy atom. The normalized spacial score (nSPS) is 12.2. The van der Waals surface area contributed by atoms with Gasteiger partial charge in [-0.1, -0.05) is 146 Å². The lowest BCUT2D eigenvalue weighted by atomic mass is 10.1. The van der Waals surface area contributed by atoms with Crippen LogP contribution in [-0.4, -0.2) is 67.8 Å². The van der Waals surface area contributed by atoms with E-state index >= 15 is 0 Å². The molecule has 6 heteroatoms. The number of hydrogen-bond acceptors (Lipinski definition) is 5. The number of hydrogen-bond donors (Lipinski definition) is 0. The summed E-state index contributed by atoms with van der Waals surface area (Å²) in [6, 6.07) is 21.4. The highest BCUT2D eigenvalue weighted by atomic mass is 28.4. The fraction of sp³-hybridized carbons (Fsp3) is 0.667.